The first-order valence-corrected chi connectivity index (χ1v) is 14.5. The number of aromatic nitrogens is 1. The van der Waals surface area contributed by atoms with E-state index in [4.69, 9.17) is 11.6 Å². The van der Waals surface area contributed by atoms with E-state index in [-0.39, 0.29) is 15.7 Å². The van der Waals surface area contributed by atoms with Gasteiger partial charge in [0, 0.05) is 18.6 Å². The van der Waals surface area contributed by atoms with Crippen molar-refractivity contribution in [2.45, 2.75) is 43.0 Å². The predicted molar refractivity (Wildman–Crippen MR) is 139 cm³/mol. The highest BCUT2D eigenvalue weighted by Gasteiger charge is 2.48. The van der Waals surface area contributed by atoms with E-state index in [2.05, 4.69) is 51.1 Å². The van der Waals surface area contributed by atoms with Crippen molar-refractivity contribution in [3.8, 4) is 0 Å². The lowest BCUT2D eigenvalue weighted by Crippen LogP contribution is -2.44. The molecular weight excluding hydrogens is 526 g/mol. The number of hydrogen-bond acceptors (Lipinski definition) is 6. The lowest BCUT2D eigenvalue weighted by molar-refractivity contribution is 0.209. The van der Waals surface area contributed by atoms with Gasteiger partial charge in [-0.3, -0.25) is 9.62 Å². The molecule has 6 nitrogen and oxygen atoms in total. The summed E-state index contributed by atoms with van der Waals surface area (Å²) in [5.41, 5.74) is 2.90. The molecular formula is C25H27ClF2N4O2S2. The SMILES string of the molecule is Cc1ccc(CC2CN3CCCC3(CNc3cc(F)c(S(=O)(=O)Nc4ncc(F)s4)cc3Cl)C2)cc1. The molecule has 2 atom stereocenters. The van der Waals surface area contributed by atoms with Crippen LogP contribution in [0.1, 0.15) is 30.4 Å². The van der Waals surface area contributed by atoms with E-state index in [1.165, 1.54) is 11.1 Å². The molecule has 0 saturated carbocycles. The summed E-state index contributed by atoms with van der Waals surface area (Å²) in [6.07, 6.45) is 5.11. The first kappa shape index (κ1) is 25.4. The third-order valence-corrected chi connectivity index (χ3v) is 9.65. The van der Waals surface area contributed by atoms with Gasteiger partial charge in [0.05, 0.1) is 16.9 Å². The van der Waals surface area contributed by atoms with Gasteiger partial charge >= 0.3 is 0 Å². The lowest BCUT2D eigenvalue weighted by atomic mass is 9.87. The molecule has 2 saturated heterocycles. The van der Waals surface area contributed by atoms with Crippen LogP contribution in [0, 0.1) is 23.8 Å². The van der Waals surface area contributed by atoms with Gasteiger partial charge in [-0.1, -0.05) is 52.8 Å². The highest BCUT2D eigenvalue weighted by atomic mass is 35.5. The first-order valence-electron chi connectivity index (χ1n) is 11.8. The molecule has 5 rings (SSSR count). The molecule has 2 aliphatic rings. The highest BCUT2D eigenvalue weighted by molar-refractivity contribution is 7.93. The average Bonchev–Trinajstić information content (AvgIpc) is 3.49. The maximum atomic E-state index is 14.9. The Labute approximate surface area is 218 Å². The second kappa shape index (κ2) is 9.89. The van der Waals surface area contributed by atoms with Gasteiger partial charge in [-0.05, 0) is 62.8 Å². The van der Waals surface area contributed by atoms with Crippen LogP contribution < -0.4 is 10.0 Å². The third-order valence-electron chi connectivity index (χ3n) is 7.15. The summed E-state index contributed by atoms with van der Waals surface area (Å²) < 4.78 is 55.4. The number of halogens is 3. The molecule has 36 heavy (non-hydrogen) atoms. The van der Waals surface area contributed by atoms with E-state index in [0.29, 0.717) is 29.5 Å². The lowest BCUT2D eigenvalue weighted by Gasteiger charge is -2.32. The maximum absolute atomic E-state index is 14.9. The minimum absolute atomic E-state index is 0.0314. The Morgan fingerprint density at radius 1 is 1.25 bits per heavy atom. The fourth-order valence-electron chi connectivity index (χ4n) is 5.49. The summed E-state index contributed by atoms with van der Waals surface area (Å²) in [5, 5.41) is 2.55. The van der Waals surface area contributed by atoms with Crippen LogP contribution in [-0.4, -0.2) is 43.5 Å². The molecule has 3 heterocycles. The van der Waals surface area contributed by atoms with Gasteiger partial charge in [-0.25, -0.2) is 17.8 Å². The molecule has 3 aromatic rings. The van der Waals surface area contributed by atoms with Gasteiger partial charge in [0.15, 0.2) is 10.3 Å². The molecule has 1 aromatic heterocycles. The van der Waals surface area contributed by atoms with Crippen LogP contribution in [0.4, 0.5) is 19.6 Å². The average molecular weight is 553 g/mol. The number of benzene rings is 2. The summed E-state index contributed by atoms with van der Waals surface area (Å²) in [7, 11) is -4.32. The standard InChI is InChI=1S/C25H27ClF2N4O2S2/c1-16-3-5-17(6-4-16)9-18-12-25(7-2-8-32(25)14-18)15-30-21-11-20(27)22(10-19(21)26)36(33,34)31-24-29-13-23(28)35-24/h3-6,10-11,13,18,30H,2,7-9,12,14-15H2,1H3,(H,29,31). The molecule has 11 heteroatoms. The van der Waals surface area contributed by atoms with Gasteiger partial charge in [-0.15, -0.1) is 0 Å². The molecule has 2 aromatic carbocycles. The molecule has 0 spiro atoms. The highest BCUT2D eigenvalue weighted by Crippen LogP contribution is 2.43. The minimum Gasteiger partial charge on any atom is -0.382 e. The number of rotatable bonds is 8. The molecule has 2 unspecified atom stereocenters. The Morgan fingerprint density at radius 3 is 2.75 bits per heavy atom. The molecule has 0 bridgehead atoms. The van der Waals surface area contributed by atoms with Crippen molar-refractivity contribution in [3.05, 3.63) is 69.7 Å². The van der Waals surface area contributed by atoms with Crippen molar-refractivity contribution in [2.75, 3.05) is 29.7 Å². The van der Waals surface area contributed by atoms with E-state index in [1.54, 1.807) is 0 Å². The van der Waals surface area contributed by atoms with Gasteiger partial charge in [0.2, 0.25) is 0 Å². The zero-order chi connectivity index (χ0) is 25.5. The Balaban J connectivity index is 1.28. The molecule has 2 aliphatic heterocycles. The Morgan fingerprint density at radius 2 is 2.03 bits per heavy atom. The number of fused-ring (bicyclic) bond motifs is 1. The number of thiazole rings is 1. The fourth-order valence-corrected chi connectivity index (χ4v) is 7.66. The van der Waals surface area contributed by atoms with E-state index in [9.17, 15) is 17.2 Å². The van der Waals surface area contributed by atoms with Crippen molar-refractivity contribution in [2.24, 2.45) is 5.92 Å². The number of nitrogens with zero attached hydrogens (tertiary/aromatic N) is 2. The van der Waals surface area contributed by atoms with Crippen molar-refractivity contribution in [3.63, 3.8) is 0 Å². The Bertz CT molecular complexity index is 1370. The second-order valence-electron chi connectivity index (χ2n) is 9.72. The van der Waals surface area contributed by atoms with Crippen LogP contribution in [-0.2, 0) is 16.4 Å². The van der Waals surface area contributed by atoms with E-state index in [1.807, 2.05) is 0 Å². The second-order valence-corrected chi connectivity index (χ2v) is 12.8. The summed E-state index contributed by atoms with van der Waals surface area (Å²) >= 11 is 6.89. The third kappa shape index (κ3) is 5.22. The number of nitrogens with one attached hydrogen (secondary N) is 2. The first-order chi connectivity index (χ1) is 17.1. The number of aryl methyl sites for hydroxylation is 1. The summed E-state index contributed by atoms with van der Waals surface area (Å²) in [5.74, 6) is -0.410. The maximum Gasteiger partial charge on any atom is 0.266 e. The van der Waals surface area contributed by atoms with Crippen molar-refractivity contribution in [1.82, 2.24) is 9.88 Å². The van der Waals surface area contributed by atoms with E-state index in [0.717, 1.165) is 57.1 Å². The quantitative estimate of drug-likeness (QED) is 0.375. The topological polar surface area (TPSA) is 74.3 Å². The molecule has 2 fully saturated rings. The van der Waals surface area contributed by atoms with Gasteiger partial charge in [0.25, 0.3) is 10.0 Å². The van der Waals surface area contributed by atoms with Crippen LogP contribution in [0.3, 0.4) is 0 Å². The van der Waals surface area contributed by atoms with Crippen molar-refractivity contribution < 1.29 is 17.2 Å². The largest absolute Gasteiger partial charge is 0.382 e. The zero-order valence-electron chi connectivity index (χ0n) is 19.7. The Kier molecular flexibility index (Phi) is 6.97. The zero-order valence-corrected chi connectivity index (χ0v) is 22.1. The Hall–Kier alpha value is -2.27. The van der Waals surface area contributed by atoms with Crippen LogP contribution >= 0.6 is 22.9 Å². The molecule has 0 amide bonds. The fraction of sp³-hybridized carbons (Fsp3) is 0.400. The van der Waals surface area contributed by atoms with Crippen LogP contribution in [0.5, 0.6) is 0 Å². The van der Waals surface area contributed by atoms with Gasteiger partial charge in [-0.2, -0.15) is 4.39 Å². The number of hydrogen-bond donors (Lipinski definition) is 2. The number of anilines is 2. The van der Waals surface area contributed by atoms with E-state index < -0.39 is 25.9 Å². The monoisotopic (exact) mass is 552 g/mol. The van der Waals surface area contributed by atoms with Crippen LogP contribution in [0.15, 0.2) is 47.5 Å². The summed E-state index contributed by atoms with van der Waals surface area (Å²) in [6, 6.07) is 10.9. The van der Waals surface area contributed by atoms with Crippen molar-refractivity contribution >= 4 is 43.8 Å². The minimum atomic E-state index is -4.32. The number of sulfonamides is 1. The molecule has 0 aliphatic carbocycles. The molecule has 2 N–H and O–H groups in total. The molecule has 0 radical (unpaired) electrons. The summed E-state index contributed by atoms with van der Waals surface area (Å²) in [6.45, 7) is 4.75. The van der Waals surface area contributed by atoms with Crippen LogP contribution in [0.2, 0.25) is 5.02 Å². The summed E-state index contributed by atoms with van der Waals surface area (Å²) in [4.78, 5) is 5.53. The predicted octanol–water partition coefficient (Wildman–Crippen LogP) is 5.69. The van der Waals surface area contributed by atoms with Gasteiger partial charge < -0.3 is 5.32 Å². The normalized spacial score (nSPS) is 22.1. The molecule has 192 valence electrons. The smallest absolute Gasteiger partial charge is 0.266 e. The van der Waals surface area contributed by atoms with Crippen molar-refractivity contribution in [1.29, 1.82) is 0 Å². The van der Waals surface area contributed by atoms with E-state index >= 15 is 0 Å². The van der Waals surface area contributed by atoms with Gasteiger partial charge in [0.1, 0.15) is 10.7 Å². The van der Waals surface area contributed by atoms with Crippen LogP contribution in [0.25, 0.3) is 0 Å².